The summed E-state index contributed by atoms with van der Waals surface area (Å²) in [6.45, 7) is 5.79. The van der Waals surface area contributed by atoms with Gasteiger partial charge in [0.25, 0.3) is 0 Å². The van der Waals surface area contributed by atoms with Crippen LogP contribution in [0.15, 0.2) is 58.7 Å². The van der Waals surface area contributed by atoms with Crippen molar-refractivity contribution in [2.45, 2.75) is 39.5 Å². The zero-order valence-electron chi connectivity index (χ0n) is 17.3. The Balaban J connectivity index is 1.79. The van der Waals surface area contributed by atoms with Gasteiger partial charge in [0.1, 0.15) is 5.82 Å². The molecular weight excluding hydrogens is 398 g/mol. The standard InChI is InChI=1S/C24H24ClN3O2/c1-13-10-18-23(19(29)11-13)22(16-7-5-8-17(25)12-16)21(15(3)27-18)24(30)28-20-9-4-6-14(2)26-20/h4-9,12-13,21-22H,10-11H2,1-3H3,(H,26,28,30)/t13-,21?,22+/m0/s1. The maximum atomic E-state index is 13.4. The molecule has 30 heavy (non-hydrogen) atoms. The van der Waals surface area contributed by atoms with Crippen LogP contribution in [0.3, 0.4) is 0 Å². The average molecular weight is 422 g/mol. The van der Waals surface area contributed by atoms with Crippen molar-refractivity contribution in [1.82, 2.24) is 4.98 Å². The Morgan fingerprint density at radius 1 is 1.13 bits per heavy atom. The highest BCUT2D eigenvalue weighted by atomic mass is 35.5. The largest absolute Gasteiger partial charge is 0.310 e. The lowest BCUT2D eigenvalue weighted by atomic mass is 9.70. The Kier molecular flexibility index (Phi) is 5.56. The van der Waals surface area contributed by atoms with Crippen LogP contribution in [0, 0.1) is 18.8 Å². The van der Waals surface area contributed by atoms with E-state index in [2.05, 4.69) is 17.2 Å². The van der Waals surface area contributed by atoms with Crippen LogP contribution in [0.5, 0.6) is 0 Å². The van der Waals surface area contributed by atoms with Gasteiger partial charge in [0.2, 0.25) is 5.91 Å². The number of aromatic nitrogens is 1. The third-order valence-electron chi connectivity index (χ3n) is 5.72. The Hall–Kier alpha value is -2.79. The molecular formula is C24H24ClN3O2. The molecule has 5 nitrogen and oxygen atoms in total. The van der Waals surface area contributed by atoms with Gasteiger partial charge in [0.05, 0.1) is 5.92 Å². The maximum Gasteiger partial charge on any atom is 0.235 e. The number of amides is 1. The summed E-state index contributed by atoms with van der Waals surface area (Å²) in [6, 6.07) is 12.9. The summed E-state index contributed by atoms with van der Waals surface area (Å²) in [7, 11) is 0. The van der Waals surface area contributed by atoms with Crippen LogP contribution in [0.2, 0.25) is 5.02 Å². The molecule has 2 aliphatic rings. The Labute approximate surface area is 181 Å². The minimum atomic E-state index is -0.609. The number of aryl methyl sites for hydroxylation is 1. The molecule has 6 heteroatoms. The van der Waals surface area contributed by atoms with Crippen molar-refractivity contribution >= 4 is 34.8 Å². The molecule has 0 fully saturated rings. The molecule has 1 N–H and O–H groups in total. The van der Waals surface area contributed by atoms with E-state index in [1.165, 1.54) is 0 Å². The van der Waals surface area contributed by atoms with Gasteiger partial charge in [-0.3, -0.25) is 14.6 Å². The molecule has 0 radical (unpaired) electrons. The number of hydrogen-bond donors (Lipinski definition) is 1. The normalized spacial score (nSPS) is 23.7. The van der Waals surface area contributed by atoms with E-state index in [1.807, 2.05) is 44.2 Å². The third-order valence-corrected chi connectivity index (χ3v) is 5.96. The maximum absolute atomic E-state index is 13.4. The molecule has 0 saturated heterocycles. The number of carbonyl (C=O) groups is 2. The number of carbonyl (C=O) groups excluding carboxylic acids is 2. The molecule has 2 heterocycles. The average Bonchev–Trinajstić information content (AvgIpc) is 2.66. The second kappa shape index (κ2) is 8.15. The van der Waals surface area contributed by atoms with E-state index in [0.717, 1.165) is 23.4 Å². The van der Waals surface area contributed by atoms with Gasteiger partial charge < -0.3 is 5.32 Å². The number of hydrogen-bond acceptors (Lipinski definition) is 4. The number of Topliss-reactive ketones (excluding diaryl/α,β-unsaturated/α-hetero) is 1. The summed E-state index contributed by atoms with van der Waals surface area (Å²) in [5.74, 6) is -0.452. The molecule has 1 unspecified atom stereocenters. The van der Waals surface area contributed by atoms with E-state index >= 15 is 0 Å². The topological polar surface area (TPSA) is 71.4 Å². The van der Waals surface area contributed by atoms with Crippen molar-refractivity contribution in [2.75, 3.05) is 5.32 Å². The van der Waals surface area contributed by atoms with Crippen LogP contribution < -0.4 is 5.32 Å². The number of halogens is 1. The lowest BCUT2D eigenvalue weighted by Gasteiger charge is -2.36. The molecule has 1 amide bonds. The van der Waals surface area contributed by atoms with Gasteiger partial charge in [-0.2, -0.15) is 0 Å². The molecule has 1 aromatic carbocycles. The van der Waals surface area contributed by atoms with Gasteiger partial charge in [-0.25, -0.2) is 4.98 Å². The molecule has 4 rings (SSSR count). The van der Waals surface area contributed by atoms with E-state index in [-0.39, 0.29) is 17.6 Å². The number of allylic oxidation sites excluding steroid dienone is 2. The van der Waals surface area contributed by atoms with Crippen LogP contribution in [0.1, 0.15) is 43.9 Å². The smallest absolute Gasteiger partial charge is 0.235 e. The van der Waals surface area contributed by atoms with Crippen molar-refractivity contribution in [3.63, 3.8) is 0 Å². The van der Waals surface area contributed by atoms with Gasteiger partial charge >= 0.3 is 0 Å². The number of rotatable bonds is 3. The first-order chi connectivity index (χ1) is 14.3. The molecule has 154 valence electrons. The second-order valence-electron chi connectivity index (χ2n) is 8.21. The number of nitrogens with one attached hydrogen (secondary N) is 1. The zero-order chi connectivity index (χ0) is 21.4. The minimum Gasteiger partial charge on any atom is -0.310 e. The Morgan fingerprint density at radius 3 is 2.63 bits per heavy atom. The van der Waals surface area contributed by atoms with E-state index in [0.29, 0.717) is 28.5 Å². The summed E-state index contributed by atoms with van der Waals surface area (Å²) in [5, 5.41) is 3.49. The van der Waals surface area contributed by atoms with Crippen molar-refractivity contribution in [2.24, 2.45) is 16.8 Å². The summed E-state index contributed by atoms with van der Waals surface area (Å²) in [4.78, 5) is 35.6. The molecule has 0 bridgehead atoms. The first-order valence-electron chi connectivity index (χ1n) is 10.1. The highest BCUT2D eigenvalue weighted by Gasteiger charge is 2.43. The van der Waals surface area contributed by atoms with E-state index in [9.17, 15) is 9.59 Å². The van der Waals surface area contributed by atoms with Crippen LogP contribution in [-0.4, -0.2) is 22.4 Å². The predicted molar refractivity (Wildman–Crippen MR) is 119 cm³/mol. The lowest BCUT2D eigenvalue weighted by molar-refractivity contribution is -0.119. The fourth-order valence-electron chi connectivity index (χ4n) is 4.47. The number of benzene rings is 1. The highest BCUT2D eigenvalue weighted by Crippen LogP contribution is 2.45. The van der Waals surface area contributed by atoms with Gasteiger partial charge in [0.15, 0.2) is 5.78 Å². The fourth-order valence-corrected chi connectivity index (χ4v) is 4.66. The summed E-state index contributed by atoms with van der Waals surface area (Å²) in [6.07, 6.45) is 1.21. The van der Waals surface area contributed by atoms with Crippen molar-refractivity contribution < 1.29 is 9.59 Å². The Bertz CT molecular complexity index is 1090. The van der Waals surface area contributed by atoms with Crippen LogP contribution >= 0.6 is 11.6 Å². The van der Waals surface area contributed by atoms with Gasteiger partial charge in [-0.05, 0) is 56.0 Å². The predicted octanol–water partition coefficient (Wildman–Crippen LogP) is 5.11. The first kappa shape index (κ1) is 20.5. The van der Waals surface area contributed by atoms with Crippen LogP contribution in [0.4, 0.5) is 5.82 Å². The second-order valence-corrected chi connectivity index (χ2v) is 8.65. The van der Waals surface area contributed by atoms with Crippen LogP contribution in [0.25, 0.3) is 0 Å². The molecule has 1 aliphatic heterocycles. The number of nitrogens with zero attached hydrogens (tertiary/aromatic N) is 2. The van der Waals surface area contributed by atoms with Gasteiger partial charge in [-0.1, -0.05) is 36.7 Å². The van der Waals surface area contributed by atoms with E-state index in [1.54, 1.807) is 12.1 Å². The zero-order valence-corrected chi connectivity index (χ0v) is 18.0. The quantitative estimate of drug-likeness (QED) is 0.748. The minimum absolute atomic E-state index is 0.0662. The summed E-state index contributed by atoms with van der Waals surface area (Å²) in [5.41, 5.74) is 3.82. The van der Waals surface area contributed by atoms with Crippen molar-refractivity contribution in [3.8, 4) is 0 Å². The molecule has 0 saturated carbocycles. The number of aliphatic imine (C=N–C) groups is 1. The third kappa shape index (κ3) is 3.94. The molecule has 1 aromatic heterocycles. The first-order valence-corrected chi connectivity index (χ1v) is 10.5. The SMILES string of the molecule is CC1=NC2=C(C(=O)C[C@@H](C)C2)[C@H](c2cccc(Cl)c2)C1C(=O)Nc1cccc(C)n1. The summed E-state index contributed by atoms with van der Waals surface area (Å²) < 4.78 is 0. The lowest BCUT2D eigenvalue weighted by Crippen LogP contribution is -2.39. The van der Waals surface area contributed by atoms with Crippen molar-refractivity contribution in [3.05, 3.63) is 70.0 Å². The summed E-state index contributed by atoms with van der Waals surface area (Å²) >= 11 is 6.27. The molecule has 3 atom stereocenters. The number of anilines is 1. The van der Waals surface area contributed by atoms with Crippen LogP contribution in [-0.2, 0) is 9.59 Å². The Morgan fingerprint density at radius 2 is 1.90 bits per heavy atom. The monoisotopic (exact) mass is 421 g/mol. The number of ketones is 1. The van der Waals surface area contributed by atoms with Gasteiger partial charge in [0, 0.05) is 40.0 Å². The van der Waals surface area contributed by atoms with E-state index in [4.69, 9.17) is 16.6 Å². The fraction of sp³-hybridized carbons (Fsp3) is 0.333. The van der Waals surface area contributed by atoms with E-state index < -0.39 is 11.8 Å². The number of pyridine rings is 1. The van der Waals surface area contributed by atoms with Gasteiger partial charge in [-0.15, -0.1) is 0 Å². The molecule has 2 aromatic rings. The molecule has 0 spiro atoms. The highest BCUT2D eigenvalue weighted by molar-refractivity contribution is 6.30. The van der Waals surface area contributed by atoms with Crippen molar-refractivity contribution in [1.29, 1.82) is 0 Å². The molecule has 1 aliphatic carbocycles.